The molecule has 0 aromatic heterocycles. The lowest BCUT2D eigenvalue weighted by atomic mass is 10.0. The minimum atomic E-state index is -0.912. The van der Waals surface area contributed by atoms with Crippen LogP contribution in [-0.4, -0.2) is 48.7 Å². The van der Waals surface area contributed by atoms with Gasteiger partial charge in [-0.2, -0.15) is 0 Å². The molecule has 0 aliphatic carbocycles. The first-order valence-electron chi connectivity index (χ1n) is 9.49. The van der Waals surface area contributed by atoms with Crippen molar-refractivity contribution in [2.24, 2.45) is 0 Å². The number of nitrogens with one attached hydrogen (secondary N) is 2. The Hall–Kier alpha value is -3.40. The van der Waals surface area contributed by atoms with Crippen molar-refractivity contribution >= 4 is 17.7 Å². The Balaban J connectivity index is 2.23. The normalized spacial score (nSPS) is 12.8. The number of carbonyl (C=O) groups is 2. The number of carbonyl (C=O) groups excluding carboxylic acids is 2. The molecule has 0 saturated carbocycles. The van der Waals surface area contributed by atoms with Crippen LogP contribution in [-0.2, 0) is 14.3 Å². The van der Waals surface area contributed by atoms with E-state index in [0.29, 0.717) is 17.0 Å². The Morgan fingerprint density at radius 1 is 1.10 bits per heavy atom. The van der Waals surface area contributed by atoms with Gasteiger partial charge in [-0.25, -0.2) is 10.3 Å². The molecule has 2 rings (SSSR count). The SMILES string of the molecule is CO[C@H](/C=C/C(=O)NO)[C@H](OC(=O)Nc1ccc(C)cc1)c1ccc(OCCO)cc1. The van der Waals surface area contributed by atoms with Crippen LogP contribution in [0.1, 0.15) is 17.2 Å². The summed E-state index contributed by atoms with van der Waals surface area (Å²) in [6, 6.07) is 13.9. The Kier molecular flexibility index (Phi) is 9.50. The molecule has 2 amide bonds. The topological polar surface area (TPSA) is 126 Å². The van der Waals surface area contributed by atoms with Crippen LogP contribution in [0.15, 0.2) is 60.7 Å². The van der Waals surface area contributed by atoms with Crippen LogP contribution >= 0.6 is 0 Å². The lowest BCUT2D eigenvalue weighted by molar-refractivity contribution is -0.124. The molecule has 0 saturated heterocycles. The number of hydrogen-bond acceptors (Lipinski definition) is 7. The highest BCUT2D eigenvalue weighted by Crippen LogP contribution is 2.27. The molecule has 0 spiro atoms. The largest absolute Gasteiger partial charge is 0.491 e. The van der Waals surface area contributed by atoms with Gasteiger partial charge in [0.05, 0.1) is 6.61 Å². The van der Waals surface area contributed by atoms with Crippen LogP contribution in [0.4, 0.5) is 10.5 Å². The van der Waals surface area contributed by atoms with E-state index in [4.69, 9.17) is 24.5 Å². The predicted octanol–water partition coefficient (Wildman–Crippen LogP) is 2.73. The number of anilines is 1. The quantitative estimate of drug-likeness (QED) is 0.259. The number of rotatable bonds is 10. The van der Waals surface area contributed by atoms with E-state index in [-0.39, 0.29) is 13.2 Å². The van der Waals surface area contributed by atoms with Crippen molar-refractivity contribution in [1.29, 1.82) is 0 Å². The molecule has 166 valence electrons. The number of benzene rings is 2. The van der Waals surface area contributed by atoms with Gasteiger partial charge in [-0.3, -0.25) is 15.3 Å². The van der Waals surface area contributed by atoms with E-state index in [9.17, 15) is 9.59 Å². The van der Waals surface area contributed by atoms with Gasteiger partial charge in [0, 0.05) is 18.9 Å². The van der Waals surface area contributed by atoms with Gasteiger partial charge in [0.2, 0.25) is 0 Å². The highest BCUT2D eigenvalue weighted by atomic mass is 16.6. The fraction of sp³-hybridized carbons (Fsp3) is 0.273. The zero-order valence-corrected chi connectivity index (χ0v) is 17.3. The van der Waals surface area contributed by atoms with Gasteiger partial charge in [-0.1, -0.05) is 29.8 Å². The first-order valence-corrected chi connectivity index (χ1v) is 9.49. The molecule has 9 nitrogen and oxygen atoms in total. The van der Waals surface area contributed by atoms with Gasteiger partial charge in [0.15, 0.2) is 6.10 Å². The summed E-state index contributed by atoms with van der Waals surface area (Å²) in [5, 5.41) is 20.2. The van der Waals surface area contributed by atoms with Gasteiger partial charge in [0.1, 0.15) is 18.5 Å². The molecular formula is C22H26N2O7. The third-order valence-electron chi connectivity index (χ3n) is 4.22. The second-order valence-corrected chi connectivity index (χ2v) is 6.49. The van der Waals surface area contributed by atoms with Crippen LogP contribution in [0.3, 0.4) is 0 Å². The number of amides is 2. The standard InChI is InChI=1S/C22H26N2O7/c1-15-3-7-17(8-4-15)23-22(27)31-21(19(29-2)11-12-20(26)24-28)16-5-9-18(10-6-16)30-14-13-25/h3-12,19,21,25,28H,13-14H2,1-2H3,(H,23,27)(H,24,26)/b12-11+/t19-,21-/m1/s1. The van der Waals surface area contributed by atoms with Gasteiger partial charge >= 0.3 is 6.09 Å². The molecule has 0 heterocycles. The summed E-state index contributed by atoms with van der Waals surface area (Å²) < 4.78 is 16.4. The van der Waals surface area contributed by atoms with Crippen molar-refractivity contribution in [3.05, 3.63) is 71.8 Å². The van der Waals surface area contributed by atoms with E-state index >= 15 is 0 Å². The maximum atomic E-state index is 12.5. The lowest BCUT2D eigenvalue weighted by Gasteiger charge is -2.24. The van der Waals surface area contributed by atoms with Crippen LogP contribution in [0.25, 0.3) is 0 Å². The molecule has 0 aliphatic rings. The van der Waals surface area contributed by atoms with Crippen molar-refractivity contribution < 1.29 is 34.1 Å². The monoisotopic (exact) mass is 430 g/mol. The number of hydrogen-bond donors (Lipinski definition) is 4. The molecule has 2 aromatic carbocycles. The fourth-order valence-electron chi connectivity index (χ4n) is 2.66. The smallest absolute Gasteiger partial charge is 0.412 e. The van der Waals surface area contributed by atoms with Crippen molar-refractivity contribution in [1.82, 2.24) is 5.48 Å². The average Bonchev–Trinajstić information content (AvgIpc) is 2.79. The number of aliphatic hydroxyl groups excluding tert-OH is 1. The van der Waals surface area contributed by atoms with Crippen molar-refractivity contribution in [3.8, 4) is 5.75 Å². The number of ether oxygens (including phenoxy) is 3. The van der Waals surface area contributed by atoms with E-state index in [1.54, 1.807) is 36.4 Å². The van der Waals surface area contributed by atoms with Crippen molar-refractivity contribution in [2.75, 3.05) is 25.6 Å². The Labute approximate surface area is 180 Å². The molecule has 2 atom stereocenters. The first kappa shape index (κ1) is 23.9. The minimum Gasteiger partial charge on any atom is -0.491 e. The predicted molar refractivity (Wildman–Crippen MR) is 113 cm³/mol. The Morgan fingerprint density at radius 3 is 2.35 bits per heavy atom. The van der Waals surface area contributed by atoms with E-state index in [0.717, 1.165) is 11.6 Å². The second-order valence-electron chi connectivity index (χ2n) is 6.49. The van der Waals surface area contributed by atoms with E-state index in [1.165, 1.54) is 18.7 Å². The molecule has 4 N–H and O–H groups in total. The van der Waals surface area contributed by atoms with Crippen molar-refractivity contribution in [3.63, 3.8) is 0 Å². The highest BCUT2D eigenvalue weighted by molar-refractivity contribution is 5.86. The maximum Gasteiger partial charge on any atom is 0.412 e. The first-order chi connectivity index (χ1) is 15.0. The third-order valence-corrected chi connectivity index (χ3v) is 4.22. The molecule has 31 heavy (non-hydrogen) atoms. The van der Waals surface area contributed by atoms with E-state index in [1.807, 2.05) is 19.1 Å². The molecular weight excluding hydrogens is 404 g/mol. The molecule has 0 unspecified atom stereocenters. The minimum absolute atomic E-state index is 0.115. The summed E-state index contributed by atoms with van der Waals surface area (Å²) >= 11 is 0. The second kappa shape index (κ2) is 12.3. The van der Waals surface area contributed by atoms with Crippen LogP contribution in [0.2, 0.25) is 0 Å². The Bertz CT molecular complexity index is 866. The maximum absolute atomic E-state index is 12.5. The van der Waals surface area contributed by atoms with Gasteiger partial charge < -0.3 is 19.3 Å². The summed E-state index contributed by atoms with van der Waals surface area (Å²) in [4.78, 5) is 23.9. The highest BCUT2D eigenvalue weighted by Gasteiger charge is 2.26. The molecule has 0 aliphatic heterocycles. The third kappa shape index (κ3) is 7.74. The number of aryl methyl sites for hydroxylation is 1. The van der Waals surface area contributed by atoms with Gasteiger partial charge in [-0.15, -0.1) is 0 Å². The van der Waals surface area contributed by atoms with Crippen LogP contribution in [0, 0.1) is 6.92 Å². The zero-order chi connectivity index (χ0) is 22.6. The lowest BCUT2D eigenvalue weighted by Crippen LogP contribution is -2.27. The van der Waals surface area contributed by atoms with Crippen LogP contribution < -0.4 is 15.5 Å². The molecule has 0 radical (unpaired) electrons. The van der Waals surface area contributed by atoms with Gasteiger partial charge in [0.25, 0.3) is 5.91 Å². The fourth-order valence-corrected chi connectivity index (χ4v) is 2.66. The molecule has 9 heteroatoms. The molecule has 0 fully saturated rings. The molecule has 0 bridgehead atoms. The van der Waals surface area contributed by atoms with E-state index in [2.05, 4.69) is 5.32 Å². The average molecular weight is 430 g/mol. The van der Waals surface area contributed by atoms with Gasteiger partial charge in [-0.05, 0) is 42.8 Å². The zero-order valence-electron chi connectivity index (χ0n) is 17.3. The summed E-state index contributed by atoms with van der Waals surface area (Å²) in [7, 11) is 1.40. The van der Waals surface area contributed by atoms with Crippen molar-refractivity contribution in [2.45, 2.75) is 19.1 Å². The number of aliphatic hydroxyl groups is 1. The van der Waals surface area contributed by atoms with E-state index < -0.39 is 24.2 Å². The summed E-state index contributed by atoms with van der Waals surface area (Å²) in [6.07, 6.45) is -0.0148. The summed E-state index contributed by atoms with van der Waals surface area (Å²) in [6.45, 7) is 1.97. The number of methoxy groups -OCH3 is 1. The van der Waals surface area contributed by atoms with Crippen LogP contribution in [0.5, 0.6) is 5.75 Å². The Morgan fingerprint density at radius 2 is 1.77 bits per heavy atom. The number of hydroxylamine groups is 1. The molecule has 2 aromatic rings. The summed E-state index contributed by atoms with van der Waals surface area (Å²) in [5.74, 6) is -0.220. The summed E-state index contributed by atoms with van der Waals surface area (Å²) in [5.41, 5.74) is 3.68.